The van der Waals surface area contributed by atoms with Crippen LogP contribution in [0, 0.1) is 0 Å². The first kappa shape index (κ1) is 21.4. The average molecular weight is 407 g/mol. The van der Waals surface area contributed by atoms with Gasteiger partial charge in [0.05, 0.1) is 24.8 Å². The zero-order valence-corrected chi connectivity index (χ0v) is 17.2. The van der Waals surface area contributed by atoms with Gasteiger partial charge in [-0.15, -0.1) is 0 Å². The largest absolute Gasteiger partial charge is 0.497 e. The highest BCUT2D eigenvalue weighted by Crippen LogP contribution is 2.31. The molecular formula is C19H25N3O5S. The number of anilines is 2. The Labute approximate surface area is 165 Å². The minimum absolute atomic E-state index is 0.0613. The van der Waals surface area contributed by atoms with E-state index in [1.165, 1.54) is 26.4 Å². The first-order valence-corrected chi connectivity index (χ1v) is 10.2. The van der Waals surface area contributed by atoms with Gasteiger partial charge in [-0.3, -0.25) is 4.72 Å². The maximum absolute atomic E-state index is 12.7. The smallest absolute Gasteiger partial charge is 0.321 e. The van der Waals surface area contributed by atoms with Crippen molar-refractivity contribution in [1.29, 1.82) is 0 Å². The molecule has 0 fully saturated rings. The molecule has 0 radical (unpaired) electrons. The van der Waals surface area contributed by atoms with Crippen molar-refractivity contribution < 1.29 is 22.7 Å². The van der Waals surface area contributed by atoms with Crippen molar-refractivity contribution in [2.75, 3.05) is 37.3 Å². The first-order valence-electron chi connectivity index (χ1n) is 8.75. The summed E-state index contributed by atoms with van der Waals surface area (Å²) in [5, 5.41) is 2.74. The molecule has 2 rings (SSSR count). The van der Waals surface area contributed by atoms with E-state index in [1.807, 2.05) is 13.8 Å². The molecule has 0 heterocycles. The molecule has 0 saturated carbocycles. The third-order valence-electron chi connectivity index (χ3n) is 4.12. The van der Waals surface area contributed by atoms with Crippen molar-refractivity contribution in [2.24, 2.45) is 0 Å². The maximum Gasteiger partial charge on any atom is 0.321 e. The van der Waals surface area contributed by atoms with Gasteiger partial charge in [-0.2, -0.15) is 0 Å². The number of carbonyl (C=O) groups is 1. The van der Waals surface area contributed by atoms with E-state index in [9.17, 15) is 13.2 Å². The zero-order valence-electron chi connectivity index (χ0n) is 16.4. The predicted octanol–water partition coefficient (Wildman–Crippen LogP) is 3.38. The summed E-state index contributed by atoms with van der Waals surface area (Å²) in [6, 6.07) is 10.5. The number of urea groups is 1. The van der Waals surface area contributed by atoms with Crippen LogP contribution in [-0.4, -0.2) is 46.7 Å². The molecule has 0 aliphatic rings. The quantitative estimate of drug-likeness (QED) is 0.699. The number of sulfonamides is 1. The molecule has 2 aromatic carbocycles. The molecule has 152 valence electrons. The maximum atomic E-state index is 12.7. The zero-order chi connectivity index (χ0) is 20.7. The van der Waals surface area contributed by atoms with Gasteiger partial charge in [-0.25, -0.2) is 13.2 Å². The highest BCUT2D eigenvalue weighted by atomic mass is 32.2. The molecule has 0 aromatic heterocycles. The molecule has 0 saturated heterocycles. The van der Waals surface area contributed by atoms with Crippen LogP contribution in [0.5, 0.6) is 11.5 Å². The molecule has 8 nitrogen and oxygen atoms in total. The van der Waals surface area contributed by atoms with Gasteiger partial charge < -0.3 is 19.7 Å². The summed E-state index contributed by atoms with van der Waals surface area (Å²) in [6.45, 7) is 4.94. The first-order chi connectivity index (χ1) is 13.3. The van der Waals surface area contributed by atoms with Gasteiger partial charge in [0.1, 0.15) is 11.5 Å². The van der Waals surface area contributed by atoms with Crippen LogP contribution in [0.25, 0.3) is 0 Å². The number of ether oxygens (including phenoxy) is 2. The molecule has 0 bridgehead atoms. The number of hydrogen-bond donors (Lipinski definition) is 2. The number of benzene rings is 2. The molecule has 28 heavy (non-hydrogen) atoms. The lowest BCUT2D eigenvalue weighted by molar-refractivity contribution is 0.217. The molecule has 0 aliphatic carbocycles. The third-order valence-corrected chi connectivity index (χ3v) is 5.50. The van der Waals surface area contributed by atoms with Crippen LogP contribution >= 0.6 is 0 Å². The summed E-state index contributed by atoms with van der Waals surface area (Å²) in [4.78, 5) is 13.8. The number of nitrogens with one attached hydrogen (secondary N) is 2. The molecule has 2 aromatic rings. The lowest BCUT2D eigenvalue weighted by Crippen LogP contribution is -2.34. The van der Waals surface area contributed by atoms with Crippen molar-refractivity contribution in [3.8, 4) is 11.5 Å². The lowest BCUT2D eigenvalue weighted by atomic mass is 10.3. The minimum Gasteiger partial charge on any atom is -0.497 e. The topological polar surface area (TPSA) is 97.0 Å². The second-order valence-corrected chi connectivity index (χ2v) is 7.48. The van der Waals surface area contributed by atoms with Crippen LogP contribution in [0.4, 0.5) is 16.2 Å². The Morgan fingerprint density at radius 1 is 1.00 bits per heavy atom. The Bertz CT molecular complexity index is 910. The fraction of sp³-hybridized carbons (Fsp3) is 0.316. The summed E-state index contributed by atoms with van der Waals surface area (Å²) in [5.41, 5.74) is 0.806. The normalized spacial score (nSPS) is 10.9. The Hall–Kier alpha value is -2.94. The molecule has 2 N–H and O–H groups in total. The molecule has 0 atom stereocenters. The summed E-state index contributed by atoms with van der Waals surface area (Å²) >= 11 is 0. The Morgan fingerprint density at radius 2 is 1.64 bits per heavy atom. The van der Waals surface area contributed by atoms with Crippen LogP contribution in [0.3, 0.4) is 0 Å². The van der Waals surface area contributed by atoms with Gasteiger partial charge in [-0.1, -0.05) is 0 Å². The van der Waals surface area contributed by atoms with Crippen molar-refractivity contribution in [2.45, 2.75) is 18.7 Å². The van der Waals surface area contributed by atoms with E-state index in [0.29, 0.717) is 36.0 Å². The van der Waals surface area contributed by atoms with Gasteiger partial charge in [0.2, 0.25) is 0 Å². The molecule has 0 unspecified atom stereocenters. The Balaban J connectivity index is 2.17. The second-order valence-electron chi connectivity index (χ2n) is 5.80. The summed E-state index contributed by atoms with van der Waals surface area (Å²) in [7, 11) is -0.873. The van der Waals surface area contributed by atoms with Crippen molar-refractivity contribution in [3.05, 3.63) is 42.5 Å². The molecular weight excluding hydrogens is 382 g/mol. The van der Waals surface area contributed by atoms with Crippen LogP contribution in [0.15, 0.2) is 47.4 Å². The minimum atomic E-state index is -3.83. The van der Waals surface area contributed by atoms with Gasteiger partial charge in [0, 0.05) is 24.8 Å². The molecule has 2 amide bonds. The van der Waals surface area contributed by atoms with Crippen LogP contribution in [-0.2, 0) is 10.0 Å². The fourth-order valence-corrected chi connectivity index (χ4v) is 3.59. The Morgan fingerprint density at radius 3 is 2.18 bits per heavy atom. The highest BCUT2D eigenvalue weighted by molar-refractivity contribution is 7.92. The predicted molar refractivity (Wildman–Crippen MR) is 109 cm³/mol. The number of amides is 2. The van der Waals surface area contributed by atoms with Crippen LogP contribution in [0.2, 0.25) is 0 Å². The van der Waals surface area contributed by atoms with Gasteiger partial charge in [0.15, 0.2) is 0 Å². The molecule has 0 aliphatic heterocycles. The van der Waals surface area contributed by atoms with Crippen molar-refractivity contribution >= 4 is 27.4 Å². The highest BCUT2D eigenvalue weighted by Gasteiger charge is 2.17. The van der Waals surface area contributed by atoms with Gasteiger partial charge in [0.25, 0.3) is 10.0 Å². The van der Waals surface area contributed by atoms with Crippen LogP contribution in [0.1, 0.15) is 13.8 Å². The summed E-state index contributed by atoms with van der Waals surface area (Å²) in [6.07, 6.45) is 0. The van der Waals surface area contributed by atoms with Gasteiger partial charge in [-0.05, 0) is 50.2 Å². The number of hydrogen-bond acceptors (Lipinski definition) is 5. The number of nitrogens with zero attached hydrogens (tertiary/aromatic N) is 1. The van der Waals surface area contributed by atoms with E-state index >= 15 is 0 Å². The average Bonchev–Trinajstić information content (AvgIpc) is 2.69. The van der Waals surface area contributed by atoms with Gasteiger partial charge >= 0.3 is 6.03 Å². The number of methoxy groups -OCH3 is 2. The monoisotopic (exact) mass is 407 g/mol. The number of rotatable bonds is 8. The number of carbonyl (C=O) groups excluding carboxylic acids is 1. The van der Waals surface area contributed by atoms with Crippen molar-refractivity contribution in [1.82, 2.24) is 4.90 Å². The third kappa shape index (κ3) is 5.07. The summed E-state index contributed by atoms with van der Waals surface area (Å²) in [5.74, 6) is 0.888. The van der Waals surface area contributed by atoms with E-state index in [2.05, 4.69) is 10.0 Å². The van der Waals surface area contributed by atoms with Crippen molar-refractivity contribution in [3.63, 3.8) is 0 Å². The lowest BCUT2D eigenvalue weighted by Gasteiger charge is -2.19. The SMILES string of the molecule is CCN(CC)C(=O)Nc1ccc(S(=O)(=O)Nc2ccc(OC)cc2OC)cc1. The Kier molecular flexibility index (Phi) is 7.11. The second kappa shape index (κ2) is 9.32. The van der Waals surface area contributed by atoms with E-state index in [4.69, 9.17) is 9.47 Å². The van der Waals surface area contributed by atoms with E-state index < -0.39 is 10.0 Å². The summed E-state index contributed by atoms with van der Waals surface area (Å²) < 4.78 is 38.2. The molecule has 9 heteroatoms. The van der Waals surface area contributed by atoms with E-state index in [0.717, 1.165) is 0 Å². The van der Waals surface area contributed by atoms with E-state index in [-0.39, 0.29) is 10.9 Å². The molecule has 0 spiro atoms. The van der Waals surface area contributed by atoms with E-state index in [1.54, 1.807) is 35.2 Å². The standard InChI is InChI=1S/C19H25N3O5S/c1-5-22(6-2)19(23)20-14-7-10-16(11-8-14)28(24,25)21-17-12-9-15(26-3)13-18(17)27-4/h7-13,21H,5-6H2,1-4H3,(H,20,23). The fourth-order valence-electron chi connectivity index (χ4n) is 2.52. The van der Waals surface area contributed by atoms with Crippen LogP contribution < -0.4 is 19.5 Å².